The second kappa shape index (κ2) is 8.37. The third-order valence-corrected chi connectivity index (χ3v) is 8.91. The van der Waals surface area contributed by atoms with Crippen molar-refractivity contribution < 1.29 is 4.57 Å². The summed E-state index contributed by atoms with van der Waals surface area (Å²) >= 11 is 3.62. The fourth-order valence-corrected chi connectivity index (χ4v) is 7.47. The number of para-hydroxylation sites is 2. The summed E-state index contributed by atoms with van der Waals surface area (Å²) in [4.78, 5) is 0. The molecular formula is C26H22BrN2OP. The molecule has 1 heterocycles. The van der Waals surface area contributed by atoms with Gasteiger partial charge in [-0.15, -0.1) is 0 Å². The fourth-order valence-electron chi connectivity index (χ4n) is 4.10. The number of benzene rings is 3. The lowest BCUT2D eigenvalue weighted by molar-refractivity contribution is 0.581. The van der Waals surface area contributed by atoms with Crippen molar-refractivity contribution in [1.82, 2.24) is 0 Å². The lowest BCUT2D eigenvalue weighted by Gasteiger charge is -2.34. The van der Waals surface area contributed by atoms with Crippen LogP contribution >= 0.6 is 23.4 Å². The monoisotopic (exact) mass is 488 g/mol. The number of hydrogen-bond acceptors (Lipinski definition) is 1. The van der Waals surface area contributed by atoms with Gasteiger partial charge in [-0.3, -0.25) is 13.9 Å². The first-order valence-corrected chi connectivity index (χ1v) is 12.7. The predicted octanol–water partition coefficient (Wildman–Crippen LogP) is 8.72. The van der Waals surface area contributed by atoms with E-state index in [4.69, 9.17) is 0 Å². The highest BCUT2D eigenvalue weighted by molar-refractivity contribution is 9.10. The van der Waals surface area contributed by atoms with E-state index in [9.17, 15) is 0 Å². The molecule has 0 saturated heterocycles. The summed E-state index contributed by atoms with van der Waals surface area (Å²) in [5, 5.41) is 0.809. The van der Waals surface area contributed by atoms with Gasteiger partial charge in [0, 0.05) is 15.8 Å². The average molecular weight is 489 g/mol. The van der Waals surface area contributed by atoms with Crippen molar-refractivity contribution in [3.8, 4) is 0 Å². The van der Waals surface area contributed by atoms with E-state index in [1.165, 1.54) is 0 Å². The van der Waals surface area contributed by atoms with E-state index in [0.29, 0.717) is 0 Å². The molecular weight excluding hydrogens is 467 g/mol. The van der Waals surface area contributed by atoms with Crippen LogP contribution in [0.1, 0.15) is 12.8 Å². The van der Waals surface area contributed by atoms with Crippen LogP contribution in [-0.4, -0.2) is 0 Å². The van der Waals surface area contributed by atoms with Crippen molar-refractivity contribution in [3.63, 3.8) is 0 Å². The van der Waals surface area contributed by atoms with Crippen LogP contribution in [0.4, 0.5) is 22.7 Å². The van der Waals surface area contributed by atoms with E-state index in [1.54, 1.807) is 0 Å². The van der Waals surface area contributed by atoms with Crippen molar-refractivity contribution in [3.05, 3.63) is 119 Å². The summed E-state index contributed by atoms with van der Waals surface area (Å²) in [6.07, 6.45) is 12.3. The molecule has 0 bridgehead atoms. The Morgan fingerprint density at radius 1 is 0.742 bits per heavy atom. The van der Waals surface area contributed by atoms with E-state index in [2.05, 4.69) is 34.1 Å². The van der Waals surface area contributed by atoms with Crippen LogP contribution in [0.2, 0.25) is 0 Å². The molecule has 1 unspecified atom stereocenters. The molecule has 1 aliphatic carbocycles. The number of hydrogen-bond donors (Lipinski definition) is 0. The fraction of sp³-hybridized carbons (Fsp3) is 0.0769. The third-order valence-electron chi connectivity index (χ3n) is 5.47. The Kier molecular flexibility index (Phi) is 5.43. The van der Waals surface area contributed by atoms with Crippen molar-refractivity contribution in [2.75, 3.05) is 9.34 Å². The van der Waals surface area contributed by atoms with Crippen molar-refractivity contribution in [2.45, 2.75) is 12.8 Å². The molecule has 0 radical (unpaired) electrons. The van der Waals surface area contributed by atoms with Crippen molar-refractivity contribution in [1.29, 1.82) is 0 Å². The first-order chi connectivity index (χ1) is 15.2. The van der Waals surface area contributed by atoms with Gasteiger partial charge in [-0.2, -0.15) is 0 Å². The maximum atomic E-state index is 15.3. The Balaban J connectivity index is 1.84. The van der Waals surface area contributed by atoms with Gasteiger partial charge in [-0.1, -0.05) is 76.6 Å². The molecule has 1 aliphatic heterocycles. The highest BCUT2D eigenvalue weighted by Gasteiger charge is 2.49. The van der Waals surface area contributed by atoms with Crippen molar-refractivity contribution >= 4 is 46.1 Å². The second-order valence-corrected chi connectivity index (χ2v) is 10.8. The number of rotatable bonds is 3. The average Bonchev–Trinajstić information content (AvgIpc) is 3.02. The lowest BCUT2D eigenvalue weighted by atomic mass is 10.2. The minimum atomic E-state index is -3.29. The largest absolute Gasteiger partial charge is 0.301 e. The molecule has 0 saturated carbocycles. The number of halogens is 1. The summed E-state index contributed by atoms with van der Waals surface area (Å²) in [5.41, 5.74) is 3.67. The van der Waals surface area contributed by atoms with Crippen LogP contribution in [0.5, 0.6) is 0 Å². The Morgan fingerprint density at radius 2 is 1.35 bits per heavy atom. The molecule has 154 valence electrons. The van der Waals surface area contributed by atoms with Crippen molar-refractivity contribution in [2.24, 2.45) is 0 Å². The summed E-state index contributed by atoms with van der Waals surface area (Å²) in [7, 11) is -3.29. The highest BCUT2D eigenvalue weighted by atomic mass is 79.9. The number of nitrogens with zero attached hydrogens (tertiary/aromatic N) is 2. The molecule has 31 heavy (non-hydrogen) atoms. The molecule has 5 heteroatoms. The normalized spacial score (nSPS) is 21.3. The Hall–Kier alpha value is -2.81. The van der Waals surface area contributed by atoms with Crippen LogP contribution in [0.15, 0.2) is 119 Å². The molecule has 0 aromatic heterocycles. The standard InChI is InChI=1S/C26H22BrN2OP/c27-21-18-19-25-26(20-21)29(23-14-8-5-9-15-23)31(30,24-16-10-2-1-3-11-17-24)28(25)22-12-6-4-7-13-22/h2,4-20H,1,3H2/b10-2-,17-11?,24-16?. The van der Waals surface area contributed by atoms with E-state index < -0.39 is 7.44 Å². The topological polar surface area (TPSA) is 23.6 Å². The van der Waals surface area contributed by atoms with E-state index in [1.807, 2.05) is 100 Å². The number of allylic oxidation sites excluding steroid dienone is 6. The quantitative estimate of drug-likeness (QED) is 0.344. The van der Waals surface area contributed by atoms with Crippen LogP contribution in [0.3, 0.4) is 0 Å². The van der Waals surface area contributed by atoms with Gasteiger partial charge in [-0.25, -0.2) is 0 Å². The van der Waals surface area contributed by atoms with Gasteiger partial charge in [0.2, 0.25) is 0 Å². The SMILES string of the molecule is O=P1(C2=C/C=C\CCC=C2)N(c2ccccc2)c2ccc(Br)cc2N1c1ccccc1. The maximum absolute atomic E-state index is 15.3. The summed E-state index contributed by atoms with van der Waals surface area (Å²) in [5.74, 6) is 0. The van der Waals surface area contributed by atoms with E-state index in [-0.39, 0.29) is 0 Å². The first kappa shape index (κ1) is 20.1. The van der Waals surface area contributed by atoms with Gasteiger partial charge < -0.3 is 0 Å². The zero-order valence-corrected chi connectivity index (χ0v) is 19.4. The maximum Gasteiger partial charge on any atom is 0.301 e. The Bertz CT molecular complexity index is 1230. The molecule has 3 aromatic carbocycles. The number of fused-ring (bicyclic) bond motifs is 1. The summed E-state index contributed by atoms with van der Waals surface area (Å²) in [6, 6.07) is 26.1. The minimum absolute atomic E-state index is 0.809. The molecule has 3 nitrogen and oxygen atoms in total. The van der Waals surface area contributed by atoms with E-state index in [0.717, 1.165) is 45.4 Å². The summed E-state index contributed by atoms with van der Waals surface area (Å²) < 4.78 is 20.3. The van der Waals surface area contributed by atoms with Gasteiger partial charge in [-0.05, 0) is 61.4 Å². The van der Waals surface area contributed by atoms with Gasteiger partial charge in [0.05, 0.1) is 16.7 Å². The van der Waals surface area contributed by atoms with Crippen LogP contribution in [0, 0.1) is 0 Å². The first-order valence-electron chi connectivity index (χ1n) is 10.3. The molecule has 2 aliphatic rings. The van der Waals surface area contributed by atoms with Gasteiger partial charge in [0.1, 0.15) is 0 Å². The highest BCUT2D eigenvalue weighted by Crippen LogP contribution is 2.74. The molecule has 1 atom stereocenters. The number of anilines is 4. The smallest absolute Gasteiger partial charge is 0.270 e. The Morgan fingerprint density at radius 3 is 2.03 bits per heavy atom. The molecule has 0 N–H and O–H groups in total. The lowest BCUT2D eigenvalue weighted by Crippen LogP contribution is -2.19. The van der Waals surface area contributed by atoms with Gasteiger partial charge in [0.15, 0.2) is 0 Å². The van der Waals surface area contributed by atoms with Crippen LogP contribution in [0.25, 0.3) is 0 Å². The van der Waals surface area contributed by atoms with E-state index >= 15 is 4.57 Å². The van der Waals surface area contributed by atoms with Crippen LogP contribution in [-0.2, 0) is 4.57 Å². The Labute approximate surface area is 191 Å². The van der Waals surface area contributed by atoms with Gasteiger partial charge in [0.25, 0.3) is 0 Å². The zero-order valence-electron chi connectivity index (χ0n) is 16.9. The zero-order chi connectivity index (χ0) is 21.3. The molecule has 5 rings (SSSR count). The molecule has 0 amide bonds. The molecule has 0 fully saturated rings. The summed E-state index contributed by atoms with van der Waals surface area (Å²) in [6.45, 7) is 0. The molecule has 0 spiro atoms. The predicted molar refractivity (Wildman–Crippen MR) is 135 cm³/mol. The van der Waals surface area contributed by atoms with Gasteiger partial charge >= 0.3 is 7.44 Å². The second-order valence-electron chi connectivity index (χ2n) is 7.47. The minimum Gasteiger partial charge on any atom is -0.270 e. The third kappa shape index (κ3) is 3.50. The molecule has 3 aromatic rings. The van der Waals surface area contributed by atoms with Crippen LogP contribution < -0.4 is 9.34 Å².